The van der Waals surface area contributed by atoms with Crippen molar-refractivity contribution >= 4 is 39.1 Å². The van der Waals surface area contributed by atoms with E-state index in [1.165, 1.54) is 24.3 Å². The van der Waals surface area contributed by atoms with Crippen LogP contribution in [0.5, 0.6) is 0 Å². The molecule has 1 amide bonds. The van der Waals surface area contributed by atoms with Gasteiger partial charge in [-0.1, -0.05) is 65.7 Å². The molecule has 0 aromatic heterocycles. The SMILES string of the molecule is C[C@@H](NC(=O)CN(Cc1cccc(Cl)c1)S(=O)(=O)c1ccc(Cl)cc1)c1ccccc1. The molecule has 5 nitrogen and oxygen atoms in total. The zero-order chi connectivity index (χ0) is 22.4. The number of benzene rings is 3. The predicted molar refractivity (Wildman–Crippen MR) is 123 cm³/mol. The van der Waals surface area contributed by atoms with Crippen LogP contribution in [0.2, 0.25) is 10.0 Å². The Labute approximate surface area is 192 Å². The number of sulfonamides is 1. The van der Waals surface area contributed by atoms with Gasteiger partial charge in [-0.2, -0.15) is 4.31 Å². The first-order valence-electron chi connectivity index (χ1n) is 9.60. The van der Waals surface area contributed by atoms with Gasteiger partial charge >= 0.3 is 0 Å². The molecule has 0 fully saturated rings. The molecule has 3 aromatic rings. The van der Waals surface area contributed by atoms with Gasteiger partial charge in [0.2, 0.25) is 15.9 Å². The van der Waals surface area contributed by atoms with Gasteiger partial charge in [-0.3, -0.25) is 4.79 Å². The van der Waals surface area contributed by atoms with E-state index in [1.807, 2.05) is 37.3 Å². The highest BCUT2D eigenvalue weighted by molar-refractivity contribution is 7.89. The fourth-order valence-corrected chi connectivity index (χ4v) is 4.82. The first-order chi connectivity index (χ1) is 14.8. The zero-order valence-electron chi connectivity index (χ0n) is 16.8. The maximum atomic E-state index is 13.3. The number of carbonyl (C=O) groups excluding carboxylic acids is 1. The third-order valence-electron chi connectivity index (χ3n) is 4.70. The molecule has 0 unspecified atom stereocenters. The van der Waals surface area contributed by atoms with Gasteiger partial charge in [0.05, 0.1) is 17.5 Å². The first kappa shape index (κ1) is 23.3. The van der Waals surface area contributed by atoms with Gasteiger partial charge in [0.1, 0.15) is 0 Å². The number of rotatable bonds is 8. The van der Waals surface area contributed by atoms with Crippen LogP contribution in [0, 0.1) is 0 Å². The highest BCUT2D eigenvalue weighted by Crippen LogP contribution is 2.22. The van der Waals surface area contributed by atoms with Crippen LogP contribution in [0.15, 0.2) is 83.8 Å². The Morgan fingerprint density at radius 2 is 1.61 bits per heavy atom. The van der Waals surface area contributed by atoms with E-state index in [0.717, 1.165) is 9.87 Å². The molecule has 162 valence electrons. The summed E-state index contributed by atoms with van der Waals surface area (Å²) in [6, 6.07) is 21.9. The van der Waals surface area contributed by atoms with Crippen LogP contribution >= 0.6 is 23.2 Å². The molecule has 1 N–H and O–H groups in total. The summed E-state index contributed by atoms with van der Waals surface area (Å²) >= 11 is 12.0. The summed E-state index contributed by atoms with van der Waals surface area (Å²) in [6.07, 6.45) is 0. The van der Waals surface area contributed by atoms with E-state index in [4.69, 9.17) is 23.2 Å². The average Bonchev–Trinajstić information content (AvgIpc) is 2.74. The van der Waals surface area contributed by atoms with Crippen molar-refractivity contribution in [2.45, 2.75) is 24.4 Å². The summed E-state index contributed by atoms with van der Waals surface area (Å²) in [7, 11) is -3.95. The summed E-state index contributed by atoms with van der Waals surface area (Å²) < 4.78 is 27.7. The Hall–Kier alpha value is -2.38. The smallest absolute Gasteiger partial charge is 0.243 e. The molecular formula is C23H22Cl2N2O3S. The summed E-state index contributed by atoms with van der Waals surface area (Å²) in [5.41, 5.74) is 1.60. The molecule has 0 radical (unpaired) electrons. The molecule has 3 aromatic carbocycles. The summed E-state index contributed by atoms with van der Waals surface area (Å²) in [4.78, 5) is 12.8. The molecular weight excluding hydrogens is 455 g/mol. The number of carbonyl (C=O) groups is 1. The van der Waals surface area contributed by atoms with E-state index in [9.17, 15) is 13.2 Å². The fraction of sp³-hybridized carbons (Fsp3) is 0.174. The largest absolute Gasteiger partial charge is 0.348 e. The van der Waals surface area contributed by atoms with E-state index in [-0.39, 0.29) is 24.0 Å². The third-order valence-corrected chi connectivity index (χ3v) is 6.99. The van der Waals surface area contributed by atoms with Crippen molar-refractivity contribution in [1.82, 2.24) is 9.62 Å². The third kappa shape index (κ3) is 6.31. The highest BCUT2D eigenvalue weighted by atomic mass is 35.5. The Balaban J connectivity index is 1.84. The molecule has 3 rings (SSSR count). The minimum absolute atomic E-state index is 0.00133. The molecule has 31 heavy (non-hydrogen) atoms. The maximum Gasteiger partial charge on any atom is 0.243 e. The van der Waals surface area contributed by atoms with Crippen LogP contribution in [0.25, 0.3) is 0 Å². The Morgan fingerprint density at radius 1 is 0.935 bits per heavy atom. The minimum atomic E-state index is -3.95. The average molecular weight is 477 g/mol. The lowest BCUT2D eigenvalue weighted by molar-refractivity contribution is -0.122. The summed E-state index contributed by atoms with van der Waals surface area (Å²) in [6.45, 7) is 1.51. The summed E-state index contributed by atoms with van der Waals surface area (Å²) in [5, 5.41) is 3.78. The highest BCUT2D eigenvalue weighted by Gasteiger charge is 2.27. The molecule has 0 aliphatic carbocycles. The lowest BCUT2D eigenvalue weighted by atomic mass is 10.1. The number of halogens is 2. The van der Waals surface area contributed by atoms with Crippen molar-refractivity contribution in [3.63, 3.8) is 0 Å². The van der Waals surface area contributed by atoms with Crippen LogP contribution in [-0.2, 0) is 21.4 Å². The molecule has 0 aliphatic rings. The second kappa shape index (κ2) is 10.3. The van der Waals surface area contributed by atoms with Crippen LogP contribution in [0.4, 0.5) is 0 Å². The number of hydrogen-bond acceptors (Lipinski definition) is 3. The fourth-order valence-electron chi connectivity index (χ4n) is 3.09. The van der Waals surface area contributed by atoms with E-state index in [1.54, 1.807) is 24.3 Å². The van der Waals surface area contributed by atoms with Gasteiger partial charge < -0.3 is 5.32 Å². The Kier molecular flexibility index (Phi) is 7.73. The van der Waals surface area contributed by atoms with Crippen LogP contribution in [0.1, 0.15) is 24.1 Å². The van der Waals surface area contributed by atoms with Crippen LogP contribution in [-0.4, -0.2) is 25.2 Å². The van der Waals surface area contributed by atoms with Gasteiger partial charge in [0.25, 0.3) is 0 Å². The molecule has 0 aliphatic heterocycles. The van der Waals surface area contributed by atoms with Crippen molar-refractivity contribution in [2.75, 3.05) is 6.54 Å². The monoisotopic (exact) mass is 476 g/mol. The van der Waals surface area contributed by atoms with Crippen molar-refractivity contribution in [1.29, 1.82) is 0 Å². The number of hydrogen-bond donors (Lipinski definition) is 1. The van der Waals surface area contributed by atoms with E-state index < -0.39 is 15.9 Å². The van der Waals surface area contributed by atoms with Gasteiger partial charge in [0.15, 0.2) is 0 Å². The van der Waals surface area contributed by atoms with Crippen LogP contribution < -0.4 is 5.32 Å². The normalized spacial score (nSPS) is 12.5. The number of nitrogens with one attached hydrogen (secondary N) is 1. The molecule has 0 saturated heterocycles. The van der Waals surface area contributed by atoms with Crippen molar-refractivity contribution in [3.05, 3.63) is 100 Å². The molecule has 8 heteroatoms. The molecule has 0 bridgehead atoms. The van der Waals surface area contributed by atoms with Gasteiger partial charge in [-0.05, 0) is 54.4 Å². The van der Waals surface area contributed by atoms with E-state index >= 15 is 0 Å². The second-order valence-corrected chi connectivity index (χ2v) is 9.87. The predicted octanol–water partition coefficient (Wildman–Crippen LogP) is 5.06. The Morgan fingerprint density at radius 3 is 2.26 bits per heavy atom. The molecule has 0 heterocycles. The maximum absolute atomic E-state index is 13.3. The lowest BCUT2D eigenvalue weighted by Gasteiger charge is -2.23. The van der Waals surface area contributed by atoms with E-state index in [0.29, 0.717) is 15.6 Å². The standard InChI is InChI=1S/C23H22Cl2N2O3S/c1-17(19-7-3-2-4-8-19)26-23(28)16-27(15-18-6-5-9-21(25)14-18)31(29,30)22-12-10-20(24)11-13-22/h2-14,17H,15-16H2,1H3,(H,26,28)/t17-/m1/s1. The zero-order valence-corrected chi connectivity index (χ0v) is 19.2. The quantitative estimate of drug-likeness (QED) is 0.493. The van der Waals surface area contributed by atoms with Crippen molar-refractivity contribution < 1.29 is 13.2 Å². The van der Waals surface area contributed by atoms with Gasteiger partial charge in [0, 0.05) is 16.6 Å². The molecule has 0 saturated carbocycles. The van der Waals surface area contributed by atoms with Gasteiger partial charge in [-0.15, -0.1) is 0 Å². The topological polar surface area (TPSA) is 66.5 Å². The van der Waals surface area contributed by atoms with E-state index in [2.05, 4.69) is 5.32 Å². The number of amides is 1. The second-order valence-electron chi connectivity index (χ2n) is 7.06. The van der Waals surface area contributed by atoms with Crippen molar-refractivity contribution in [3.8, 4) is 0 Å². The van der Waals surface area contributed by atoms with Gasteiger partial charge in [-0.25, -0.2) is 8.42 Å². The van der Waals surface area contributed by atoms with Crippen LogP contribution in [0.3, 0.4) is 0 Å². The van der Waals surface area contributed by atoms with Crippen molar-refractivity contribution in [2.24, 2.45) is 0 Å². The molecule has 0 spiro atoms. The summed E-state index contributed by atoms with van der Waals surface area (Å²) in [5.74, 6) is -0.407. The lowest BCUT2D eigenvalue weighted by Crippen LogP contribution is -2.41. The molecule has 1 atom stereocenters. The number of nitrogens with zero attached hydrogens (tertiary/aromatic N) is 1. The minimum Gasteiger partial charge on any atom is -0.348 e. The Bertz CT molecular complexity index is 1140. The first-order valence-corrected chi connectivity index (χ1v) is 11.8.